The van der Waals surface area contributed by atoms with Gasteiger partial charge < -0.3 is 5.32 Å². The van der Waals surface area contributed by atoms with Gasteiger partial charge in [-0.3, -0.25) is 14.6 Å². The molecule has 2 aromatic heterocycles. The maximum absolute atomic E-state index is 13.4. The van der Waals surface area contributed by atoms with Crippen LogP contribution in [0.5, 0.6) is 0 Å². The minimum atomic E-state index is -4.86. The summed E-state index contributed by atoms with van der Waals surface area (Å²) in [5, 5.41) is 6.59. The fraction of sp³-hybridized carbons (Fsp3) is 0.200. The lowest BCUT2D eigenvalue weighted by atomic mass is 10.1. The summed E-state index contributed by atoms with van der Waals surface area (Å²) in [6.07, 6.45) is -3.59. The molecule has 3 aromatic rings. The quantitative estimate of drug-likeness (QED) is 0.265. The normalized spacial score (nSPS) is 11.6. The van der Waals surface area contributed by atoms with E-state index in [1.54, 1.807) is 13.8 Å². The average molecular weight is 536 g/mol. The number of nitrogens with zero attached hydrogens (tertiary/aromatic N) is 4. The van der Waals surface area contributed by atoms with Crippen molar-refractivity contribution in [1.29, 1.82) is 0 Å². The Balaban J connectivity index is 2.12. The summed E-state index contributed by atoms with van der Waals surface area (Å²) in [6.45, 7) is 3.30. The number of nitrogens with two attached hydrogens (primary N) is 1. The van der Waals surface area contributed by atoms with Crippen LogP contribution in [0.15, 0.2) is 36.5 Å². The number of anilines is 1. The zero-order chi connectivity index (χ0) is 25.4. The summed E-state index contributed by atoms with van der Waals surface area (Å²) >= 11 is 18.3. The van der Waals surface area contributed by atoms with E-state index in [1.165, 1.54) is 30.5 Å². The zero-order valence-electron chi connectivity index (χ0n) is 17.5. The molecule has 0 saturated carbocycles. The van der Waals surface area contributed by atoms with Crippen LogP contribution >= 0.6 is 34.8 Å². The number of halogens is 6. The van der Waals surface area contributed by atoms with Crippen LogP contribution in [0.2, 0.25) is 15.1 Å². The first-order valence-corrected chi connectivity index (χ1v) is 10.6. The highest BCUT2D eigenvalue weighted by Crippen LogP contribution is 2.33. The monoisotopic (exact) mass is 534 g/mol. The Morgan fingerprint density at radius 3 is 2.41 bits per heavy atom. The molecule has 0 bridgehead atoms. The number of benzene rings is 1. The van der Waals surface area contributed by atoms with Crippen LogP contribution < -0.4 is 11.2 Å². The van der Waals surface area contributed by atoms with Gasteiger partial charge in [0, 0.05) is 23.3 Å². The standard InChI is InChI=1S/C20H16Cl3F3N6O2/c1-9(2)31(27)19(34)11-6-10(21)7-13(23)16(11)29-18(33)14-8-15(20(24,25)26)30-32(14)17-12(22)4-3-5-28-17/h3-9H,27H2,1-2H3,(H,29,33). The minimum Gasteiger partial charge on any atom is -0.319 e. The van der Waals surface area contributed by atoms with Crippen molar-refractivity contribution in [2.75, 3.05) is 5.32 Å². The van der Waals surface area contributed by atoms with Crippen LogP contribution in [0.25, 0.3) is 5.82 Å². The summed E-state index contributed by atoms with van der Waals surface area (Å²) in [5.41, 5.74) is -2.29. The third-order valence-corrected chi connectivity index (χ3v) is 5.30. The van der Waals surface area contributed by atoms with Gasteiger partial charge in [-0.25, -0.2) is 15.5 Å². The van der Waals surface area contributed by atoms with E-state index in [9.17, 15) is 22.8 Å². The molecular formula is C20H16Cl3F3N6O2. The molecule has 0 fully saturated rings. The molecule has 3 N–H and O–H groups in total. The second-order valence-electron chi connectivity index (χ2n) is 7.20. The number of aromatic nitrogens is 3. The maximum atomic E-state index is 13.4. The molecule has 0 aliphatic heterocycles. The van der Waals surface area contributed by atoms with Crippen molar-refractivity contribution in [1.82, 2.24) is 19.8 Å². The van der Waals surface area contributed by atoms with Gasteiger partial charge in [0.25, 0.3) is 11.8 Å². The number of carbonyl (C=O) groups excluding carboxylic acids is 2. The number of rotatable bonds is 5. The number of hydrogen-bond donors (Lipinski definition) is 2. The molecule has 1 aromatic carbocycles. The van der Waals surface area contributed by atoms with Crippen molar-refractivity contribution in [2.24, 2.45) is 5.84 Å². The van der Waals surface area contributed by atoms with E-state index in [2.05, 4.69) is 15.4 Å². The number of alkyl halides is 3. The maximum Gasteiger partial charge on any atom is 0.435 e. The minimum absolute atomic E-state index is 0.0514. The first-order chi connectivity index (χ1) is 15.8. The van der Waals surface area contributed by atoms with Crippen LogP contribution in [0.4, 0.5) is 18.9 Å². The van der Waals surface area contributed by atoms with E-state index in [-0.39, 0.29) is 32.1 Å². The summed E-state index contributed by atoms with van der Waals surface area (Å²) in [7, 11) is 0. The number of hydrazine groups is 1. The van der Waals surface area contributed by atoms with Gasteiger partial charge in [0.15, 0.2) is 11.5 Å². The molecule has 0 aliphatic carbocycles. The summed E-state index contributed by atoms with van der Waals surface area (Å²) in [6, 6.07) is 5.40. The molecule has 8 nitrogen and oxygen atoms in total. The number of amides is 2. The molecule has 180 valence electrons. The van der Waals surface area contributed by atoms with Gasteiger partial charge in [-0.2, -0.15) is 18.3 Å². The van der Waals surface area contributed by atoms with Gasteiger partial charge in [-0.15, -0.1) is 0 Å². The number of nitrogens with one attached hydrogen (secondary N) is 1. The lowest BCUT2D eigenvalue weighted by Gasteiger charge is -2.23. The third kappa shape index (κ3) is 5.27. The molecule has 0 saturated heterocycles. The highest BCUT2D eigenvalue weighted by atomic mass is 35.5. The first kappa shape index (κ1) is 25.8. The van der Waals surface area contributed by atoms with E-state index < -0.39 is 35.4 Å². The molecule has 34 heavy (non-hydrogen) atoms. The van der Waals surface area contributed by atoms with Crippen molar-refractivity contribution < 1.29 is 22.8 Å². The second-order valence-corrected chi connectivity index (χ2v) is 8.45. The average Bonchev–Trinajstić information content (AvgIpc) is 3.20. The van der Waals surface area contributed by atoms with E-state index in [0.29, 0.717) is 10.7 Å². The summed E-state index contributed by atoms with van der Waals surface area (Å²) in [4.78, 5) is 29.9. The van der Waals surface area contributed by atoms with Gasteiger partial charge in [-0.05, 0) is 38.1 Å². The van der Waals surface area contributed by atoms with Gasteiger partial charge in [0.05, 0.1) is 21.3 Å². The summed E-state index contributed by atoms with van der Waals surface area (Å²) < 4.78 is 40.8. The van der Waals surface area contributed by atoms with Gasteiger partial charge in [0.1, 0.15) is 5.69 Å². The Bertz CT molecular complexity index is 1260. The van der Waals surface area contributed by atoms with Crippen molar-refractivity contribution in [2.45, 2.75) is 26.1 Å². The Morgan fingerprint density at radius 2 is 1.82 bits per heavy atom. The van der Waals surface area contributed by atoms with Crippen molar-refractivity contribution in [3.63, 3.8) is 0 Å². The zero-order valence-corrected chi connectivity index (χ0v) is 19.8. The molecular weight excluding hydrogens is 520 g/mol. The highest BCUT2D eigenvalue weighted by Gasteiger charge is 2.37. The highest BCUT2D eigenvalue weighted by molar-refractivity contribution is 6.38. The number of pyridine rings is 1. The van der Waals surface area contributed by atoms with Crippen molar-refractivity contribution >= 4 is 52.3 Å². The fourth-order valence-corrected chi connectivity index (χ4v) is 3.54. The van der Waals surface area contributed by atoms with Crippen LogP contribution in [-0.4, -0.2) is 37.6 Å². The topological polar surface area (TPSA) is 106 Å². The molecule has 0 unspecified atom stereocenters. The molecule has 0 atom stereocenters. The summed E-state index contributed by atoms with van der Waals surface area (Å²) in [5.74, 6) is 3.78. The Morgan fingerprint density at radius 1 is 1.15 bits per heavy atom. The molecule has 14 heteroatoms. The van der Waals surface area contributed by atoms with E-state index in [0.717, 1.165) is 5.01 Å². The van der Waals surface area contributed by atoms with Crippen molar-refractivity contribution in [3.05, 3.63) is 68.5 Å². The molecule has 3 rings (SSSR count). The predicted octanol–water partition coefficient (Wildman–Crippen LogP) is 5.22. The third-order valence-electron chi connectivity index (χ3n) is 4.49. The first-order valence-electron chi connectivity index (χ1n) is 9.48. The van der Waals surface area contributed by atoms with Crippen LogP contribution in [0.1, 0.15) is 40.4 Å². The van der Waals surface area contributed by atoms with Crippen molar-refractivity contribution in [3.8, 4) is 5.82 Å². The number of carbonyl (C=O) groups is 2. The molecule has 0 radical (unpaired) electrons. The largest absolute Gasteiger partial charge is 0.435 e. The van der Waals surface area contributed by atoms with Gasteiger partial charge in [-0.1, -0.05) is 34.8 Å². The molecule has 2 amide bonds. The molecule has 0 aliphatic rings. The Kier molecular flexibility index (Phi) is 7.41. The molecule has 2 heterocycles. The van der Waals surface area contributed by atoms with E-state index >= 15 is 0 Å². The lowest BCUT2D eigenvalue weighted by molar-refractivity contribution is -0.141. The number of hydrogen-bond acceptors (Lipinski definition) is 5. The van der Waals surface area contributed by atoms with Gasteiger partial charge in [0.2, 0.25) is 0 Å². The smallest absolute Gasteiger partial charge is 0.319 e. The van der Waals surface area contributed by atoms with Crippen LogP contribution in [0, 0.1) is 0 Å². The molecule has 0 spiro atoms. The SMILES string of the molecule is CC(C)N(N)C(=O)c1cc(Cl)cc(Cl)c1NC(=O)c1cc(C(F)(F)F)nn1-c1ncccc1Cl. The van der Waals surface area contributed by atoms with Crippen LogP contribution in [-0.2, 0) is 6.18 Å². The van der Waals surface area contributed by atoms with Gasteiger partial charge >= 0.3 is 6.18 Å². The lowest BCUT2D eigenvalue weighted by Crippen LogP contribution is -2.43. The fourth-order valence-electron chi connectivity index (χ4n) is 2.80. The predicted molar refractivity (Wildman–Crippen MR) is 121 cm³/mol. The van der Waals surface area contributed by atoms with Crippen LogP contribution in [0.3, 0.4) is 0 Å². The van der Waals surface area contributed by atoms with E-state index in [4.69, 9.17) is 40.6 Å². The second kappa shape index (κ2) is 9.79. The van der Waals surface area contributed by atoms with E-state index in [1.807, 2.05) is 0 Å². The Hall–Kier alpha value is -2.86. The Labute approximate surface area is 206 Å².